The molecule has 1 aliphatic carbocycles. The van der Waals surface area contributed by atoms with Crippen LogP contribution in [0, 0.1) is 6.92 Å². The molecule has 0 amide bonds. The molecule has 3 aromatic carbocycles. The highest BCUT2D eigenvalue weighted by Gasteiger charge is 2.12. The molecule has 0 aromatic heterocycles. The Hall–Kier alpha value is -2.58. The number of ether oxygens (including phenoxy) is 1. The van der Waals surface area contributed by atoms with Crippen LogP contribution >= 0.6 is 0 Å². The molecule has 150 valence electrons. The summed E-state index contributed by atoms with van der Waals surface area (Å²) in [5.41, 5.74) is 6.27. The lowest BCUT2D eigenvalue weighted by atomic mass is 9.95. The lowest BCUT2D eigenvalue weighted by molar-refractivity contribution is 0.306. The zero-order valence-electron chi connectivity index (χ0n) is 17.4. The minimum atomic E-state index is 0.575. The van der Waals surface area contributed by atoms with Crippen molar-refractivity contribution < 1.29 is 4.74 Å². The third-order valence-corrected chi connectivity index (χ3v) is 5.86. The highest BCUT2D eigenvalue weighted by Crippen LogP contribution is 2.26. The van der Waals surface area contributed by atoms with Crippen molar-refractivity contribution in [1.82, 2.24) is 5.32 Å². The lowest BCUT2D eigenvalue weighted by Gasteiger charge is -2.22. The summed E-state index contributed by atoms with van der Waals surface area (Å²) in [6.07, 6.45) is 6.78. The predicted molar refractivity (Wildman–Crippen MR) is 121 cm³/mol. The van der Waals surface area contributed by atoms with Crippen LogP contribution in [0.1, 0.15) is 48.8 Å². The second-order valence-electron chi connectivity index (χ2n) is 8.18. The van der Waals surface area contributed by atoms with E-state index < -0.39 is 0 Å². The number of nitrogens with one attached hydrogen (secondary N) is 1. The van der Waals surface area contributed by atoms with E-state index in [1.54, 1.807) is 0 Å². The van der Waals surface area contributed by atoms with Crippen molar-refractivity contribution in [3.8, 4) is 16.9 Å². The zero-order valence-corrected chi connectivity index (χ0v) is 17.4. The molecule has 0 radical (unpaired) electrons. The fourth-order valence-electron chi connectivity index (χ4n) is 4.17. The molecule has 0 unspecified atom stereocenters. The summed E-state index contributed by atoms with van der Waals surface area (Å²) in [7, 11) is 0. The molecular weight excluding hydrogens is 354 g/mol. The van der Waals surface area contributed by atoms with Gasteiger partial charge in [-0.05, 0) is 54.2 Å². The molecule has 0 spiro atoms. The Morgan fingerprint density at radius 1 is 0.862 bits per heavy atom. The average molecular weight is 386 g/mol. The molecule has 0 aliphatic heterocycles. The molecule has 0 saturated heterocycles. The summed E-state index contributed by atoms with van der Waals surface area (Å²) in [4.78, 5) is 0. The van der Waals surface area contributed by atoms with Crippen molar-refractivity contribution in [1.29, 1.82) is 0 Å². The van der Waals surface area contributed by atoms with Gasteiger partial charge in [-0.2, -0.15) is 0 Å². The van der Waals surface area contributed by atoms with Crippen LogP contribution in [0.4, 0.5) is 0 Å². The van der Waals surface area contributed by atoms with E-state index >= 15 is 0 Å². The van der Waals surface area contributed by atoms with E-state index in [1.165, 1.54) is 59.9 Å². The molecule has 1 N–H and O–H groups in total. The molecule has 1 aliphatic rings. The Bertz CT molecular complexity index is 896. The van der Waals surface area contributed by atoms with Crippen molar-refractivity contribution in [2.45, 2.75) is 58.2 Å². The Balaban J connectivity index is 1.37. The van der Waals surface area contributed by atoms with Crippen LogP contribution in [-0.2, 0) is 13.2 Å². The number of aryl methyl sites for hydroxylation is 1. The normalized spacial score (nSPS) is 14.7. The molecule has 2 heteroatoms. The van der Waals surface area contributed by atoms with Crippen LogP contribution in [0.25, 0.3) is 11.1 Å². The van der Waals surface area contributed by atoms with Crippen LogP contribution in [0.15, 0.2) is 72.8 Å². The first kappa shape index (κ1) is 19.7. The number of hydrogen-bond acceptors (Lipinski definition) is 2. The standard InChI is InChI=1S/C27H31NO/c1-21-12-17-27(23-8-4-2-5-9-23)24(18-21)20-29-26-15-13-22(14-16-26)19-28-25-10-6-3-7-11-25/h2,4-5,8-9,12-18,25,28H,3,6-7,10-11,19-20H2,1H3. The maximum absolute atomic E-state index is 6.14. The van der Waals surface area contributed by atoms with Gasteiger partial charge in [-0.25, -0.2) is 0 Å². The third kappa shape index (κ3) is 5.48. The molecule has 0 atom stereocenters. The van der Waals surface area contributed by atoms with Gasteiger partial charge in [-0.1, -0.05) is 85.5 Å². The van der Waals surface area contributed by atoms with E-state index in [9.17, 15) is 0 Å². The van der Waals surface area contributed by atoms with Crippen LogP contribution in [0.2, 0.25) is 0 Å². The van der Waals surface area contributed by atoms with Gasteiger partial charge in [0.25, 0.3) is 0 Å². The number of hydrogen-bond donors (Lipinski definition) is 1. The van der Waals surface area contributed by atoms with Crippen LogP contribution in [0.3, 0.4) is 0 Å². The van der Waals surface area contributed by atoms with Gasteiger partial charge in [0.15, 0.2) is 0 Å². The predicted octanol–water partition coefficient (Wildman–Crippen LogP) is 6.66. The Morgan fingerprint density at radius 3 is 2.38 bits per heavy atom. The molecule has 2 nitrogen and oxygen atoms in total. The van der Waals surface area contributed by atoms with E-state index in [0.29, 0.717) is 12.6 Å². The van der Waals surface area contributed by atoms with Gasteiger partial charge in [0.05, 0.1) is 0 Å². The Labute approximate surface area is 174 Å². The maximum atomic E-state index is 6.14. The van der Waals surface area contributed by atoms with E-state index in [-0.39, 0.29) is 0 Å². The quantitative estimate of drug-likeness (QED) is 0.491. The fourth-order valence-corrected chi connectivity index (χ4v) is 4.17. The summed E-state index contributed by atoms with van der Waals surface area (Å²) in [6, 6.07) is 26.4. The van der Waals surface area contributed by atoms with Gasteiger partial charge in [-0.3, -0.25) is 0 Å². The minimum Gasteiger partial charge on any atom is -0.489 e. The highest BCUT2D eigenvalue weighted by molar-refractivity contribution is 5.67. The average Bonchev–Trinajstić information content (AvgIpc) is 2.78. The van der Waals surface area contributed by atoms with Gasteiger partial charge in [0.2, 0.25) is 0 Å². The molecule has 0 bridgehead atoms. The third-order valence-electron chi connectivity index (χ3n) is 5.86. The minimum absolute atomic E-state index is 0.575. The molecule has 4 rings (SSSR count). The molecule has 1 saturated carbocycles. The fraction of sp³-hybridized carbons (Fsp3) is 0.333. The second-order valence-corrected chi connectivity index (χ2v) is 8.18. The van der Waals surface area contributed by atoms with Gasteiger partial charge >= 0.3 is 0 Å². The zero-order chi connectivity index (χ0) is 19.9. The smallest absolute Gasteiger partial charge is 0.119 e. The van der Waals surface area contributed by atoms with E-state index in [0.717, 1.165) is 12.3 Å². The van der Waals surface area contributed by atoms with Crippen molar-refractivity contribution in [3.05, 3.63) is 89.5 Å². The SMILES string of the molecule is Cc1ccc(-c2ccccc2)c(COc2ccc(CNC3CCCCC3)cc2)c1. The van der Waals surface area contributed by atoms with Crippen molar-refractivity contribution in [3.63, 3.8) is 0 Å². The van der Waals surface area contributed by atoms with Crippen LogP contribution in [0.5, 0.6) is 5.75 Å². The van der Waals surface area contributed by atoms with Crippen molar-refractivity contribution >= 4 is 0 Å². The maximum Gasteiger partial charge on any atom is 0.119 e. The second kappa shape index (κ2) is 9.76. The largest absolute Gasteiger partial charge is 0.489 e. The number of rotatable bonds is 7. The summed E-state index contributed by atoms with van der Waals surface area (Å²) < 4.78 is 6.14. The topological polar surface area (TPSA) is 21.3 Å². The lowest BCUT2D eigenvalue weighted by Crippen LogP contribution is -2.30. The summed E-state index contributed by atoms with van der Waals surface area (Å²) in [5, 5.41) is 3.71. The summed E-state index contributed by atoms with van der Waals surface area (Å²) in [5.74, 6) is 0.923. The van der Waals surface area contributed by atoms with Gasteiger partial charge in [0, 0.05) is 12.6 Å². The first-order valence-corrected chi connectivity index (χ1v) is 10.9. The van der Waals surface area contributed by atoms with Gasteiger partial charge < -0.3 is 10.1 Å². The molecule has 1 fully saturated rings. The van der Waals surface area contributed by atoms with Gasteiger partial charge in [-0.15, -0.1) is 0 Å². The summed E-state index contributed by atoms with van der Waals surface area (Å²) >= 11 is 0. The van der Waals surface area contributed by atoms with Gasteiger partial charge in [0.1, 0.15) is 12.4 Å². The van der Waals surface area contributed by atoms with Crippen molar-refractivity contribution in [2.24, 2.45) is 0 Å². The monoisotopic (exact) mass is 385 g/mol. The van der Waals surface area contributed by atoms with Crippen LogP contribution in [-0.4, -0.2) is 6.04 Å². The first-order valence-electron chi connectivity index (χ1n) is 10.9. The van der Waals surface area contributed by atoms with E-state index in [1.807, 2.05) is 0 Å². The van der Waals surface area contributed by atoms with E-state index in [4.69, 9.17) is 4.74 Å². The molecule has 29 heavy (non-hydrogen) atoms. The first-order chi connectivity index (χ1) is 14.3. The molecule has 0 heterocycles. The van der Waals surface area contributed by atoms with Crippen molar-refractivity contribution in [2.75, 3.05) is 0 Å². The molecular formula is C27H31NO. The number of benzene rings is 3. The van der Waals surface area contributed by atoms with Crippen LogP contribution < -0.4 is 10.1 Å². The molecule has 3 aromatic rings. The highest BCUT2D eigenvalue weighted by atomic mass is 16.5. The Kier molecular flexibility index (Phi) is 6.63. The Morgan fingerprint density at radius 2 is 1.62 bits per heavy atom. The summed E-state index contributed by atoms with van der Waals surface area (Å²) in [6.45, 7) is 3.65. The van der Waals surface area contributed by atoms with E-state index in [2.05, 4.69) is 85.0 Å².